The number of rotatable bonds is 5. The van der Waals surface area contributed by atoms with Crippen molar-refractivity contribution in [1.82, 2.24) is 24.4 Å². The highest BCUT2D eigenvalue weighted by Gasteiger charge is 2.33. The Labute approximate surface area is 161 Å². The number of fused-ring (bicyclic) bond motifs is 1. The van der Waals surface area contributed by atoms with Gasteiger partial charge in [0, 0.05) is 31.7 Å². The smallest absolute Gasteiger partial charge is 0.230 e. The molecule has 0 bridgehead atoms. The van der Waals surface area contributed by atoms with E-state index in [-0.39, 0.29) is 11.9 Å². The zero-order valence-electron chi connectivity index (χ0n) is 15.6. The normalized spacial score (nSPS) is 17.3. The first kappa shape index (κ1) is 18.0. The standard InChI is InChI=1S/C18H23N5O3S/c1-21-7-9-22(10-8-21)14(12-5-4-6-13(25-2)15(12)26-3)16-17(24)23-18(27-16)19-11-20-23/h4-6,11,14,24H,7-10H2,1-3H3/t14-/m1/s1. The van der Waals surface area contributed by atoms with Gasteiger partial charge in [0.1, 0.15) is 6.33 Å². The van der Waals surface area contributed by atoms with Crippen molar-refractivity contribution in [2.45, 2.75) is 6.04 Å². The summed E-state index contributed by atoms with van der Waals surface area (Å²) in [6.45, 7) is 3.69. The predicted molar refractivity (Wildman–Crippen MR) is 103 cm³/mol. The molecule has 0 radical (unpaired) electrons. The molecule has 27 heavy (non-hydrogen) atoms. The van der Waals surface area contributed by atoms with E-state index in [0.29, 0.717) is 16.5 Å². The Kier molecular flexibility index (Phi) is 4.90. The Morgan fingerprint density at radius 3 is 2.59 bits per heavy atom. The van der Waals surface area contributed by atoms with Crippen LogP contribution in [-0.2, 0) is 0 Å². The molecular weight excluding hydrogens is 366 g/mol. The van der Waals surface area contributed by atoms with E-state index in [2.05, 4.69) is 26.9 Å². The van der Waals surface area contributed by atoms with Crippen LogP contribution in [0.1, 0.15) is 16.5 Å². The quantitative estimate of drug-likeness (QED) is 0.714. The Morgan fingerprint density at radius 2 is 1.93 bits per heavy atom. The molecule has 144 valence electrons. The molecular formula is C18H23N5O3S. The number of methoxy groups -OCH3 is 2. The molecule has 1 aromatic carbocycles. The van der Waals surface area contributed by atoms with Crippen LogP contribution >= 0.6 is 11.3 Å². The number of aromatic nitrogens is 3. The number of benzene rings is 1. The molecule has 1 saturated heterocycles. The van der Waals surface area contributed by atoms with Gasteiger partial charge in [-0.25, -0.2) is 4.98 Å². The molecule has 0 amide bonds. The van der Waals surface area contributed by atoms with Crippen molar-refractivity contribution in [3.63, 3.8) is 0 Å². The Hall–Kier alpha value is -2.36. The van der Waals surface area contributed by atoms with E-state index in [1.165, 1.54) is 22.2 Å². The minimum Gasteiger partial charge on any atom is -0.493 e. The van der Waals surface area contributed by atoms with Crippen molar-refractivity contribution in [2.75, 3.05) is 47.4 Å². The lowest BCUT2D eigenvalue weighted by atomic mass is 10.0. The summed E-state index contributed by atoms with van der Waals surface area (Å²) in [7, 11) is 5.40. The van der Waals surface area contributed by atoms with Crippen LogP contribution in [0, 0.1) is 0 Å². The zero-order valence-corrected chi connectivity index (χ0v) is 16.4. The summed E-state index contributed by atoms with van der Waals surface area (Å²) in [5.74, 6) is 1.48. The van der Waals surface area contributed by atoms with Crippen molar-refractivity contribution >= 4 is 16.3 Å². The van der Waals surface area contributed by atoms with E-state index in [4.69, 9.17) is 9.47 Å². The Balaban J connectivity index is 1.86. The van der Waals surface area contributed by atoms with E-state index in [0.717, 1.165) is 36.6 Å². The maximum Gasteiger partial charge on any atom is 0.230 e. The number of nitrogens with zero attached hydrogens (tertiary/aromatic N) is 5. The molecule has 3 heterocycles. The molecule has 4 rings (SSSR count). The number of piperazine rings is 1. The molecule has 0 saturated carbocycles. The maximum absolute atomic E-state index is 10.8. The lowest BCUT2D eigenvalue weighted by Gasteiger charge is -2.38. The van der Waals surface area contributed by atoms with Crippen LogP contribution in [0.5, 0.6) is 17.4 Å². The Morgan fingerprint density at radius 1 is 1.15 bits per heavy atom. The fraction of sp³-hybridized carbons (Fsp3) is 0.444. The SMILES string of the molecule is COc1cccc([C@H](c2sc3ncnn3c2O)N2CCN(C)CC2)c1OC. The van der Waals surface area contributed by atoms with Crippen LogP contribution in [0.2, 0.25) is 0 Å². The highest BCUT2D eigenvalue weighted by atomic mass is 32.1. The third kappa shape index (κ3) is 3.11. The van der Waals surface area contributed by atoms with E-state index < -0.39 is 0 Å². The number of likely N-dealkylation sites (N-methyl/N-ethyl adjacent to an activating group) is 1. The highest BCUT2D eigenvalue weighted by molar-refractivity contribution is 7.17. The van der Waals surface area contributed by atoms with Gasteiger partial charge >= 0.3 is 0 Å². The van der Waals surface area contributed by atoms with Gasteiger partial charge in [0.15, 0.2) is 11.5 Å². The topological polar surface area (TPSA) is 75.4 Å². The molecule has 9 heteroatoms. The average molecular weight is 389 g/mol. The van der Waals surface area contributed by atoms with E-state index in [9.17, 15) is 5.11 Å². The largest absolute Gasteiger partial charge is 0.493 e. The minimum absolute atomic E-state index is 0.126. The molecule has 1 aliphatic heterocycles. The van der Waals surface area contributed by atoms with Gasteiger partial charge in [0.05, 0.1) is 25.1 Å². The number of para-hydroxylation sites is 1. The van der Waals surface area contributed by atoms with Gasteiger partial charge in [-0.3, -0.25) is 4.90 Å². The van der Waals surface area contributed by atoms with E-state index in [1.54, 1.807) is 14.2 Å². The molecule has 1 atom stereocenters. The molecule has 3 aromatic rings. The lowest BCUT2D eigenvalue weighted by Crippen LogP contribution is -2.46. The van der Waals surface area contributed by atoms with Crippen molar-refractivity contribution in [2.24, 2.45) is 0 Å². The third-order valence-electron chi connectivity index (χ3n) is 5.02. The number of ether oxygens (including phenoxy) is 2. The number of hydrogen-bond acceptors (Lipinski definition) is 8. The summed E-state index contributed by atoms with van der Waals surface area (Å²) >= 11 is 1.45. The van der Waals surface area contributed by atoms with Gasteiger partial charge in [-0.2, -0.15) is 9.61 Å². The first-order valence-electron chi connectivity index (χ1n) is 8.79. The van der Waals surface area contributed by atoms with Crippen LogP contribution in [0.15, 0.2) is 24.5 Å². The predicted octanol–water partition coefficient (Wildman–Crippen LogP) is 1.85. The highest BCUT2D eigenvalue weighted by Crippen LogP contribution is 2.45. The second-order valence-electron chi connectivity index (χ2n) is 6.57. The summed E-state index contributed by atoms with van der Waals surface area (Å²) in [4.78, 5) is 10.4. The molecule has 2 aromatic heterocycles. The van der Waals surface area contributed by atoms with Crippen LogP contribution < -0.4 is 9.47 Å². The first-order chi connectivity index (χ1) is 13.1. The molecule has 0 spiro atoms. The van der Waals surface area contributed by atoms with E-state index in [1.807, 2.05) is 18.2 Å². The van der Waals surface area contributed by atoms with Gasteiger partial charge in [0.25, 0.3) is 0 Å². The van der Waals surface area contributed by atoms with Crippen LogP contribution in [-0.4, -0.2) is 77.0 Å². The molecule has 1 aliphatic rings. The number of hydrogen-bond donors (Lipinski definition) is 1. The fourth-order valence-electron chi connectivity index (χ4n) is 3.58. The van der Waals surface area contributed by atoms with Gasteiger partial charge in [-0.15, -0.1) is 0 Å². The molecule has 0 unspecified atom stereocenters. The fourth-order valence-corrected chi connectivity index (χ4v) is 4.67. The summed E-state index contributed by atoms with van der Waals surface area (Å²) in [5, 5.41) is 15.0. The minimum atomic E-state index is -0.169. The summed E-state index contributed by atoms with van der Waals surface area (Å²) in [6, 6.07) is 5.69. The maximum atomic E-state index is 10.8. The van der Waals surface area contributed by atoms with Gasteiger partial charge < -0.3 is 19.5 Å². The van der Waals surface area contributed by atoms with Gasteiger partial charge in [-0.05, 0) is 13.1 Å². The molecule has 1 N–H and O–H groups in total. The third-order valence-corrected chi connectivity index (χ3v) is 6.10. The summed E-state index contributed by atoms with van der Waals surface area (Å²) in [5.41, 5.74) is 0.959. The second-order valence-corrected chi connectivity index (χ2v) is 7.58. The summed E-state index contributed by atoms with van der Waals surface area (Å²) in [6.07, 6.45) is 1.45. The van der Waals surface area contributed by atoms with Crippen LogP contribution in [0.25, 0.3) is 4.96 Å². The average Bonchev–Trinajstić information content (AvgIpc) is 3.27. The monoisotopic (exact) mass is 389 g/mol. The van der Waals surface area contributed by atoms with Crippen molar-refractivity contribution in [3.05, 3.63) is 35.0 Å². The van der Waals surface area contributed by atoms with E-state index >= 15 is 0 Å². The molecule has 8 nitrogen and oxygen atoms in total. The summed E-state index contributed by atoms with van der Waals surface area (Å²) < 4.78 is 12.7. The second kappa shape index (κ2) is 7.34. The zero-order chi connectivity index (χ0) is 19.0. The van der Waals surface area contributed by atoms with Crippen LogP contribution in [0.3, 0.4) is 0 Å². The van der Waals surface area contributed by atoms with Gasteiger partial charge in [-0.1, -0.05) is 23.5 Å². The lowest BCUT2D eigenvalue weighted by molar-refractivity contribution is 0.125. The Bertz CT molecular complexity index is 932. The van der Waals surface area contributed by atoms with Crippen molar-refractivity contribution in [3.8, 4) is 17.4 Å². The van der Waals surface area contributed by atoms with Gasteiger partial charge in [0.2, 0.25) is 10.8 Å². The number of thiazole rings is 1. The van der Waals surface area contributed by atoms with Crippen LogP contribution in [0.4, 0.5) is 0 Å². The molecule has 1 fully saturated rings. The van der Waals surface area contributed by atoms with Crippen molar-refractivity contribution in [1.29, 1.82) is 0 Å². The molecule has 0 aliphatic carbocycles. The van der Waals surface area contributed by atoms with Crippen molar-refractivity contribution < 1.29 is 14.6 Å². The first-order valence-corrected chi connectivity index (χ1v) is 9.60. The number of aromatic hydroxyl groups is 1.